The van der Waals surface area contributed by atoms with E-state index in [-0.39, 0.29) is 24.1 Å². The van der Waals surface area contributed by atoms with E-state index < -0.39 is 6.04 Å². The van der Waals surface area contributed by atoms with Crippen molar-refractivity contribution in [2.75, 3.05) is 0 Å². The van der Waals surface area contributed by atoms with Gasteiger partial charge in [-0.2, -0.15) is 0 Å². The van der Waals surface area contributed by atoms with E-state index in [1.54, 1.807) is 4.90 Å². The minimum absolute atomic E-state index is 0.0971. The van der Waals surface area contributed by atoms with E-state index in [9.17, 15) is 14.4 Å². The molecule has 0 aliphatic carbocycles. The number of carbonyl (C=O) groups is 3. The molecule has 1 aromatic rings. The molecule has 2 aliphatic heterocycles. The Bertz CT molecular complexity index is 713. The molecule has 0 bridgehead atoms. The zero-order chi connectivity index (χ0) is 18.7. The average molecular weight is 356 g/mol. The lowest BCUT2D eigenvalue weighted by Crippen LogP contribution is -2.52. The maximum absolute atomic E-state index is 12.7. The SMILES string of the molecule is CCCCCC(CC)c1ccc2c(c1)CN(C1CCC(=O)NC1=O)C2=O. The second-order valence-electron chi connectivity index (χ2n) is 7.42. The highest BCUT2D eigenvalue weighted by atomic mass is 16.2. The molecule has 1 N–H and O–H groups in total. The number of rotatable bonds is 7. The first kappa shape index (κ1) is 18.6. The normalized spacial score (nSPS) is 20.9. The van der Waals surface area contributed by atoms with Gasteiger partial charge in [-0.1, -0.05) is 45.2 Å². The molecule has 0 aromatic heterocycles. The van der Waals surface area contributed by atoms with Crippen LogP contribution in [0.1, 0.15) is 86.2 Å². The van der Waals surface area contributed by atoms with E-state index >= 15 is 0 Å². The van der Waals surface area contributed by atoms with Gasteiger partial charge in [-0.25, -0.2) is 0 Å². The van der Waals surface area contributed by atoms with E-state index in [4.69, 9.17) is 0 Å². The van der Waals surface area contributed by atoms with E-state index in [0.29, 0.717) is 24.4 Å². The van der Waals surface area contributed by atoms with Gasteiger partial charge in [0.25, 0.3) is 5.91 Å². The summed E-state index contributed by atoms with van der Waals surface area (Å²) in [5.74, 6) is -0.184. The molecule has 0 radical (unpaired) electrons. The van der Waals surface area contributed by atoms with Gasteiger partial charge in [0.1, 0.15) is 6.04 Å². The van der Waals surface area contributed by atoms with Crippen LogP contribution in [-0.2, 0) is 16.1 Å². The molecule has 5 nitrogen and oxygen atoms in total. The lowest BCUT2D eigenvalue weighted by atomic mass is 9.89. The Labute approximate surface area is 155 Å². The van der Waals surface area contributed by atoms with Crippen LogP contribution >= 0.6 is 0 Å². The number of carbonyl (C=O) groups excluding carboxylic acids is 3. The lowest BCUT2D eigenvalue weighted by Gasteiger charge is -2.29. The van der Waals surface area contributed by atoms with Crippen LogP contribution in [0, 0.1) is 0 Å². The third kappa shape index (κ3) is 3.67. The molecule has 2 atom stereocenters. The Morgan fingerprint density at radius 1 is 1.19 bits per heavy atom. The molecule has 26 heavy (non-hydrogen) atoms. The summed E-state index contributed by atoms with van der Waals surface area (Å²) in [6.45, 7) is 4.88. The minimum atomic E-state index is -0.539. The molecule has 2 aliphatic rings. The van der Waals surface area contributed by atoms with Gasteiger partial charge in [0.15, 0.2) is 0 Å². The first-order valence-electron chi connectivity index (χ1n) is 9.82. The maximum atomic E-state index is 12.7. The fraction of sp³-hybridized carbons (Fsp3) is 0.571. The summed E-state index contributed by atoms with van der Waals surface area (Å²) in [4.78, 5) is 37.9. The maximum Gasteiger partial charge on any atom is 0.255 e. The third-order valence-corrected chi connectivity index (χ3v) is 5.67. The molecule has 5 heteroatoms. The highest BCUT2D eigenvalue weighted by Gasteiger charge is 2.39. The van der Waals surface area contributed by atoms with Crippen LogP contribution in [0.4, 0.5) is 0 Å². The van der Waals surface area contributed by atoms with E-state index in [1.165, 1.54) is 31.2 Å². The van der Waals surface area contributed by atoms with Gasteiger partial charge >= 0.3 is 0 Å². The molecule has 1 aromatic carbocycles. The summed E-state index contributed by atoms with van der Waals surface area (Å²) < 4.78 is 0. The Hall–Kier alpha value is -2.17. The Kier molecular flexibility index (Phi) is 5.74. The van der Waals surface area contributed by atoms with Gasteiger partial charge in [0.2, 0.25) is 11.8 Å². The number of unbranched alkanes of at least 4 members (excludes halogenated alkanes) is 2. The number of piperidine rings is 1. The van der Waals surface area contributed by atoms with E-state index in [1.807, 2.05) is 6.07 Å². The van der Waals surface area contributed by atoms with Gasteiger partial charge in [0.05, 0.1) is 0 Å². The van der Waals surface area contributed by atoms with Crippen molar-refractivity contribution in [2.45, 2.75) is 77.3 Å². The Morgan fingerprint density at radius 3 is 2.69 bits per heavy atom. The summed E-state index contributed by atoms with van der Waals surface area (Å²) in [7, 11) is 0. The van der Waals surface area contributed by atoms with Crippen molar-refractivity contribution >= 4 is 17.7 Å². The van der Waals surface area contributed by atoms with Crippen molar-refractivity contribution in [3.63, 3.8) is 0 Å². The van der Waals surface area contributed by atoms with Crippen LogP contribution in [0.5, 0.6) is 0 Å². The summed E-state index contributed by atoms with van der Waals surface area (Å²) >= 11 is 0. The van der Waals surface area contributed by atoms with Crippen LogP contribution in [0.25, 0.3) is 0 Å². The number of imide groups is 1. The summed E-state index contributed by atoms with van der Waals surface area (Å²) in [5, 5.41) is 2.35. The number of fused-ring (bicyclic) bond motifs is 1. The van der Waals surface area contributed by atoms with Crippen molar-refractivity contribution < 1.29 is 14.4 Å². The largest absolute Gasteiger partial charge is 0.322 e. The van der Waals surface area contributed by atoms with Crippen LogP contribution in [0.3, 0.4) is 0 Å². The number of nitrogens with zero attached hydrogens (tertiary/aromatic N) is 1. The molecule has 2 unspecified atom stereocenters. The zero-order valence-corrected chi connectivity index (χ0v) is 15.7. The molecular weight excluding hydrogens is 328 g/mol. The smallest absolute Gasteiger partial charge is 0.255 e. The van der Waals surface area contributed by atoms with Crippen molar-refractivity contribution in [2.24, 2.45) is 0 Å². The second-order valence-corrected chi connectivity index (χ2v) is 7.42. The molecule has 1 saturated heterocycles. The van der Waals surface area contributed by atoms with Crippen molar-refractivity contribution in [1.29, 1.82) is 0 Å². The lowest BCUT2D eigenvalue weighted by molar-refractivity contribution is -0.136. The monoisotopic (exact) mass is 356 g/mol. The molecule has 140 valence electrons. The number of benzene rings is 1. The molecule has 0 spiro atoms. The number of hydrogen-bond acceptors (Lipinski definition) is 3. The number of amides is 3. The van der Waals surface area contributed by atoms with Crippen LogP contribution in [0.2, 0.25) is 0 Å². The molecule has 1 fully saturated rings. The molecule has 2 heterocycles. The van der Waals surface area contributed by atoms with Gasteiger partial charge < -0.3 is 4.90 Å². The van der Waals surface area contributed by atoms with Gasteiger partial charge in [-0.3, -0.25) is 19.7 Å². The van der Waals surface area contributed by atoms with Gasteiger partial charge in [-0.15, -0.1) is 0 Å². The van der Waals surface area contributed by atoms with Crippen LogP contribution < -0.4 is 5.32 Å². The Morgan fingerprint density at radius 2 is 2.00 bits per heavy atom. The Balaban J connectivity index is 1.75. The molecule has 3 rings (SSSR count). The highest BCUT2D eigenvalue weighted by Crippen LogP contribution is 2.32. The second kappa shape index (κ2) is 8.02. The highest BCUT2D eigenvalue weighted by molar-refractivity contribution is 6.05. The standard InChI is InChI=1S/C21H28N2O3/c1-3-5-6-7-14(4-2)15-8-9-17-16(12-15)13-23(21(17)26)18-10-11-19(24)22-20(18)25/h8-9,12,14,18H,3-7,10-11,13H2,1-2H3,(H,22,24,25). The quantitative estimate of drug-likeness (QED) is 0.600. The van der Waals surface area contributed by atoms with Crippen LogP contribution in [-0.4, -0.2) is 28.7 Å². The summed E-state index contributed by atoms with van der Waals surface area (Å²) in [6.07, 6.45) is 6.66. The topological polar surface area (TPSA) is 66.5 Å². The van der Waals surface area contributed by atoms with Crippen molar-refractivity contribution in [3.8, 4) is 0 Å². The zero-order valence-electron chi connectivity index (χ0n) is 15.7. The van der Waals surface area contributed by atoms with Gasteiger partial charge in [-0.05, 0) is 42.4 Å². The van der Waals surface area contributed by atoms with Crippen molar-refractivity contribution in [1.82, 2.24) is 10.2 Å². The van der Waals surface area contributed by atoms with Crippen molar-refractivity contribution in [3.05, 3.63) is 34.9 Å². The minimum Gasteiger partial charge on any atom is -0.322 e. The first-order valence-corrected chi connectivity index (χ1v) is 9.82. The predicted octanol–water partition coefficient (Wildman–Crippen LogP) is 3.52. The fourth-order valence-electron chi connectivity index (χ4n) is 4.10. The average Bonchev–Trinajstić information content (AvgIpc) is 2.95. The van der Waals surface area contributed by atoms with Crippen LogP contribution in [0.15, 0.2) is 18.2 Å². The van der Waals surface area contributed by atoms with E-state index in [2.05, 4.69) is 31.3 Å². The summed E-state index contributed by atoms with van der Waals surface area (Å²) in [6, 6.07) is 5.60. The molecule has 0 saturated carbocycles. The fourth-order valence-corrected chi connectivity index (χ4v) is 4.10. The third-order valence-electron chi connectivity index (χ3n) is 5.67. The first-order chi connectivity index (χ1) is 12.5. The van der Waals surface area contributed by atoms with Gasteiger partial charge in [0, 0.05) is 18.5 Å². The number of nitrogens with one attached hydrogen (secondary N) is 1. The predicted molar refractivity (Wildman–Crippen MR) is 99.7 cm³/mol. The van der Waals surface area contributed by atoms with E-state index in [0.717, 1.165) is 12.0 Å². The molecule has 3 amide bonds. The molecular formula is C21H28N2O3. The summed E-state index contributed by atoms with van der Waals surface area (Å²) in [5.41, 5.74) is 2.99. The number of hydrogen-bond donors (Lipinski definition) is 1.